The van der Waals surface area contributed by atoms with Crippen LogP contribution >= 0.6 is 0 Å². The maximum atomic E-state index is 5.37. The minimum Gasteiger partial charge on any atom is -0.382 e. The molecule has 0 amide bonds. The summed E-state index contributed by atoms with van der Waals surface area (Å²) < 4.78 is 10.3. The molecule has 0 aromatic carbocycles. The van der Waals surface area contributed by atoms with Crippen molar-refractivity contribution in [3.63, 3.8) is 0 Å². The van der Waals surface area contributed by atoms with Gasteiger partial charge in [-0.2, -0.15) is 0 Å². The fraction of sp³-hybridized carbons (Fsp3) is 0.714. The summed E-state index contributed by atoms with van der Waals surface area (Å²) in [6.07, 6.45) is 4.54. The number of rotatable bonds is 2. The van der Waals surface area contributed by atoms with Crippen molar-refractivity contribution in [3.8, 4) is 0 Å². The van der Waals surface area contributed by atoms with Gasteiger partial charge in [-0.1, -0.05) is 12.2 Å². The lowest BCUT2D eigenvalue weighted by atomic mass is 10.3. The van der Waals surface area contributed by atoms with Gasteiger partial charge in [0.1, 0.15) is 0 Å². The Balaban J connectivity index is 2.24. The van der Waals surface area contributed by atoms with Crippen molar-refractivity contribution in [1.29, 1.82) is 0 Å². The Hall–Kier alpha value is -0.340. The molecular weight excluding hydrogens is 116 g/mol. The quantitative estimate of drug-likeness (QED) is 0.516. The van der Waals surface area contributed by atoms with Gasteiger partial charge in [0.05, 0.1) is 18.8 Å². The molecule has 0 saturated heterocycles. The Morgan fingerprint density at radius 3 is 2.78 bits per heavy atom. The third-order valence-electron chi connectivity index (χ3n) is 1.32. The van der Waals surface area contributed by atoms with E-state index in [9.17, 15) is 0 Å². The Morgan fingerprint density at radius 1 is 1.56 bits per heavy atom. The number of ether oxygens (including phenoxy) is 2. The lowest BCUT2D eigenvalue weighted by molar-refractivity contribution is 0.0186. The number of hydrogen-bond donors (Lipinski definition) is 0. The van der Waals surface area contributed by atoms with Gasteiger partial charge < -0.3 is 9.47 Å². The molecule has 0 bridgehead atoms. The second-order valence-electron chi connectivity index (χ2n) is 2.22. The molecule has 0 aromatic heterocycles. The highest BCUT2D eigenvalue weighted by atomic mass is 16.5. The Bertz CT molecular complexity index is 109. The molecule has 1 rings (SSSR count). The van der Waals surface area contributed by atoms with Crippen LogP contribution in [-0.2, 0) is 9.47 Å². The van der Waals surface area contributed by atoms with E-state index < -0.39 is 0 Å². The second-order valence-corrected chi connectivity index (χ2v) is 2.22. The largest absolute Gasteiger partial charge is 0.382 e. The van der Waals surface area contributed by atoms with Crippen LogP contribution in [0.15, 0.2) is 12.2 Å². The van der Waals surface area contributed by atoms with E-state index in [1.165, 1.54) is 0 Å². The topological polar surface area (TPSA) is 18.5 Å². The van der Waals surface area contributed by atoms with E-state index in [0.717, 1.165) is 0 Å². The molecule has 9 heavy (non-hydrogen) atoms. The average Bonchev–Trinajstić information content (AvgIpc) is 2.17. The summed E-state index contributed by atoms with van der Waals surface area (Å²) in [5.74, 6) is 0. The van der Waals surface area contributed by atoms with E-state index in [-0.39, 0.29) is 12.2 Å². The van der Waals surface area contributed by atoms with Gasteiger partial charge in [-0.15, -0.1) is 0 Å². The third-order valence-corrected chi connectivity index (χ3v) is 1.32. The third kappa shape index (κ3) is 1.80. The predicted molar refractivity (Wildman–Crippen MR) is 35.4 cm³/mol. The van der Waals surface area contributed by atoms with Crippen molar-refractivity contribution in [2.75, 3.05) is 13.7 Å². The molecule has 2 nitrogen and oxygen atoms in total. The van der Waals surface area contributed by atoms with Crippen LogP contribution in [-0.4, -0.2) is 25.9 Å². The van der Waals surface area contributed by atoms with Gasteiger partial charge in [0.15, 0.2) is 0 Å². The van der Waals surface area contributed by atoms with E-state index in [4.69, 9.17) is 9.47 Å². The van der Waals surface area contributed by atoms with E-state index >= 15 is 0 Å². The summed E-state index contributed by atoms with van der Waals surface area (Å²) in [7, 11) is 1.68. The average molecular weight is 128 g/mol. The van der Waals surface area contributed by atoms with Crippen molar-refractivity contribution >= 4 is 0 Å². The number of methoxy groups -OCH3 is 1. The summed E-state index contributed by atoms with van der Waals surface area (Å²) in [6, 6.07) is 0. The molecule has 2 heteroatoms. The highest BCUT2D eigenvalue weighted by Crippen LogP contribution is 2.09. The van der Waals surface area contributed by atoms with Crippen molar-refractivity contribution < 1.29 is 9.47 Å². The minimum atomic E-state index is 0.185. The molecule has 0 unspecified atom stereocenters. The van der Waals surface area contributed by atoms with Crippen LogP contribution in [0, 0.1) is 0 Å². The summed E-state index contributed by atoms with van der Waals surface area (Å²) in [5.41, 5.74) is 0. The van der Waals surface area contributed by atoms with Crippen LogP contribution in [0.5, 0.6) is 0 Å². The van der Waals surface area contributed by atoms with Gasteiger partial charge >= 0.3 is 0 Å². The first-order chi connectivity index (χ1) is 4.33. The smallest absolute Gasteiger partial charge is 0.0997 e. The molecule has 2 atom stereocenters. The van der Waals surface area contributed by atoms with Crippen molar-refractivity contribution in [1.82, 2.24) is 0 Å². The van der Waals surface area contributed by atoms with E-state index in [1.807, 2.05) is 19.1 Å². The molecule has 0 fully saturated rings. The molecule has 0 N–H and O–H groups in total. The van der Waals surface area contributed by atoms with Crippen LogP contribution in [0.1, 0.15) is 6.92 Å². The van der Waals surface area contributed by atoms with Crippen molar-refractivity contribution in [2.45, 2.75) is 19.1 Å². The Labute approximate surface area is 55.5 Å². The maximum absolute atomic E-state index is 5.37. The fourth-order valence-electron chi connectivity index (χ4n) is 0.906. The molecule has 0 aliphatic carbocycles. The zero-order valence-electron chi connectivity index (χ0n) is 5.83. The highest BCUT2D eigenvalue weighted by molar-refractivity contribution is 5.00. The van der Waals surface area contributed by atoms with Gasteiger partial charge in [-0.05, 0) is 6.92 Å². The number of hydrogen-bond acceptors (Lipinski definition) is 2. The summed E-state index contributed by atoms with van der Waals surface area (Å²) >= 11 is 0. The summed E-state index contributed by atoms with van der Waals surface area (Å²) in [4.78, 5) is 0. The van der Waals surface area contributed by atoms with Crippen molar-refractivity contribution in [3.05, 3.63) is 12.2 Å². The highest BCUT2D eigenvalue weighted by Gasteiger charge is 2.13. The molecule has 52 valence electrons. The van der Waals surface area contributed by atoms with E-state index in [1.54, 1.807) is 7.11 Å². The first-order valence-corrected chi connectivity index (χ1v) is 3.15. The maximum Gasteiger partial charge on any atom is 0.0997 e. The first-order valence-electron chi connectivity index (χ1n) is 3.15. The van der Waals surface area contributed by atoms with Crippen LogP contribution in [0.2, 0.25) is 0 Å². The molecule has 1 heterocycles. The second kappa shape index (κ2) is 2.99. The zero-order valence-corrected chi connectivity index (χ0v) is 5.83. The molecule has 1 aliphatic heterocycles. The van der Waals surface area contributed by atoms with Gasteiger partial charge in [0, 0.05) is 7.11 Å². The fourth-order valence-corrected chi connectivity index (χ4v) is 0.906. The summed E-state index contributed by atoms with van der Waals surface area (Å²) in [6.45, 7) is 2.69. The zero-order chi connectivity index (χ0) is 6.69. The van der Waals surface area contributed by atoms with Gasteiger partial charge in [-0.3, -0.25) is 0 Å². The molecule has 0 spiro atoms. The van der Waals surface area contributed by atoms with Gasteiger partial charge in [-0.25, -0.2) is 0 Å². The van der Waals surface area contributed by atoms with Crippen LogP contribution in [0.4, 0.5) is 0 Å². The SMILES string of the molecule is COC[C@@H]1C=C[C@H](C)O1. The normalized spacial score (nSPS) is 33.6. The molecule has 0 aromatic rings. The first kappa shape index (κ1) is 6.78. The van der Waals surface area contributed by atoms with Crippen LogP contribution in [0.3, 0.4) is 0 Å². The lowest BCUT2D eigenvalue weighted by Gasteiger charge is -2.08. The Morgan fingerprint density at radius 2 is 2.33 bits per heavy atom. The molecular formula is C7H12O2. The molecule has 0 saturated carbocycles. The van der Waals surface area contributed by atoms with E-state index in [0.29, 0.717) is 6.61 Å². The summed E-state index contributed by atoms with van der Waals surface area (Å²) in [5, 5.41) is 0. The molecule has 1 aliphatic rings. The van der Waals surface area contributed by atoms with Crippen molar-refractivity contribution in [2.24, 2.45) is 0 Å². The lowest BCUT2D eigenvalue weighted by Crippen LogP contribution is -2.14. The predicted octanol–water partition coefficient (Wildman–Crippen LogP) is 0.976. The Kier molecular flexibility index (Phi) is 2.25. The minimum absolute atomic E-state index is 0.185. The monoisotopic (exact) mass is 128 g/mol. The van der Waals surface area contributed by atoms with E-state index in [2.05, 4.69) is 0 Å². The standard InChI is InChI=1S/C7H12O2/c1-6-3-4-7(9-6)5-8-2/h3-4,6-7H,5H2,1-2H3/t6-,7-/m0/s1. The van der Waals surface area contributed by atoms with Crippen LogP contribution < -0.4 is 0 Å². The van der Waals surface area contributed by atoms with Gasteiger partial charge in [0.25, 0.3) is 0 Å². The van der Waals surface area contributed by atoms with Crippen LogP contribution in [0.25, 0.3) is 0 Å². The van der Waals surface area contributed by atoms with Gasteiger partial charge in [0.2, 0.25) is 0 Å². The molecule has 0 radical (unpaired) electrons.